The maximum atomic E-state index is 10.6. The lowest BCUT2D eigenvalue weighted by Gasteiger charge is -2.11. The predicted octanol–water partition coefficient (Wildman–Crippen LogP) is 11.5. The van der Waals surface area contributed by atoms with Crippen molar-refractivity contribution in [3.63, 3.8) is 0 Å². The highest BCUT2D eigenvalue weighted by Crippen LogP contribution is 2.02. The summed E-state index contributed by atoms with van der Waals surface area (Å²) in [5.74, 6) is 0.625. The van der Waals surface area contributed by atoms with E-state index in [9.17, 15) is 8.42 Å². The average molecular weight is 2170 g/mol. The molecule has 0 spiro atoms. The Morgan fingerprint density at radius 1 is 0.268 bits per heavy atom. The number of rotatable bonds is 0. The number of pyridine rings is 1. The fourth-order valence-corrected chi connectivity index (χ4v) is 11.0. The summed E-state index contributed by atoms with van der Waals surface area (Å²) in [6.45, 7) is 21.1. The summed E-state index contributed by atoms with van der Waals surface area (Å²) in [5, 5.41) is 83.9. The zero-order chi connectivity index (χ0) is 106. The lowest BCUT2D eigenvalue weighted by atomic mass is 10.2. The molecule has 806 valence electrons. The van der Waals surface area contributed by atoms with Crippen molar-refractivity contribution in [1.29, 1.82) is 0 Å². The van der Waals surface area contributed by atoms with Crippen LogP contribution < -0.4 is 37.2 Å². The van der Waals surface area contributed by atoms with Gasteiger partial charge in [0.2, 0.25) is 6.39 Å². The summed E-state index contributed by atoms with van der Waals surface area (Å²) in [5.41, 5.74) is 3.47. The van der Waals surface area contributed by atoms with Gasteiger partial charge in [-0.2, -0.15) is 65.5 Å². The lowest BCUT2D eigenvalue weighted by Crippen LogP contribution is -2.39. The molecule has 0 radical (unpaired) electrons. The number of aromatic amines is 6. The molecule has 20 aromatic rings. The average Bonchev–Trinajstić information content (AvgIpc) is 1.90. The Morgan fingerprint density at radius 3 is 1.07 bits per heavy atom. The maximum absolute atomic E-state index is 10.6. The second-order valence-corrected chi connectivity index (χ2v) is 32.2. The van der Waals surface area contributed by atoms with E-state index in [2.05, 4.69) is 229 Å². The zero-order valence-corrected chi connectivity index (χ0v) is 87.7. The summed E-state index contributed by atoms with van der Waals surface area (Å²) in [7, 11) is -2.65. The minimum atomic E-state index is -2.65. The second-order valence-electron chi connectivity index (χ2n) is 26.4. The Morgan fingerprint density at radius 2 is 0.886 bits per heavy atom. The molecule has 0 amide bonds. The smallest absolute Gasteiger partial charge is 0.213 e. The largest absolute Gasteiger partial charge is 0.473 e. The van der Waals surface area contributed by atoms with Crippen LogP contribution in [-0.4, -0.2) is 321 Å². The monoisotopic (exact) mass is 2170 g/mol. The summed E-state index contributed by atoms with van der Waals surface area (Å²) in [6.07, 6.45) is 76.3. The molecular weight excluding hydrogens is 2030 g/mol. The van der Waals surface area contributed by atoms with Crippen LogP contribution in [0.1, 0.15) is 64.2 Å². The number of hydrogen-bond acceptors (Lipinski definition) is 50. The van der Waals surface area contributed by atoms with Gasteiger partial charge in [0.25, 0.3) is 0 Å². The van der Waals surface area contributed by atoms with Crippen LogP contribution in [0.3, 0.4) is 0 Å². The molecule has 0 unspecified atom stereocenters. The molecule has 0 aromatic carbocycles. The van der Waals surface area contributed by atoms with Gasteiger partial charge in [-0.25, -0.2) is 52.3 Å². The number of sulfone groups is 1. The van der Waals surface area contributed by atoms with E-state index in [0.717, 1.165) is 78.9 Å². The van der Waals surface area contributed by atoms with Crippen LogP contribution in [0.4, 0.5) is 0 Å². The summed E-state index contributed by atoms with van der Waals surface area (Å²) < 4.78 is 72.4. The lowest BCUT2D eigenvalue weighted by molar-refractivity contribution is 0.0367. The van der Waals surface area contributed by atoms with Crippen LogP contribution in [0.2, 0.25) is 0 Å². The van der Waals surface area contributed by atoms with Crippen molar-refractivity contribution < 1.29 is 45.1 Å². The number of oxazole rings is 1. The molecule has 28 heterocycles. The zero-order valence-electron chi connectivity index (χ0n) is 82.8. The summed E-state index contributed by atoms with van der Waals surface area (Å²) >= 11 is 7.34. The number of tetrazole rings is 1. The first-order valence-electron chi connectivity index (χ1n) is 46.3. The normalized spacial score (nSPS) is 13.0. The van der Waals surface area contributed by atoms with E-state index >= 15 is 0 Å². The van der Waals surface area contributed by atoms with Crippen LogP contribution in [0.5, 0.6) is 0 Å². The Hall–Kier alpha value is -14.9. The minimum Gasteiger partial charge on any atom is -0.473 e. The first-order chi connectivity index (χ1) is 74.2. The van der Waals surface area contributed by atoms with Crippen molar-refractivity contribution in [3.05, 3.63) is 367 Å². The van der Waals surface area contributed by atoms with Crippen LogP contribution in [0.25, 0.3) is 0 Å². The number of piperidine rings is 1. The molecule has 8 aliphatic rings. The number of ether oxygens (including phenoxy) is 3. The molecular formula is C92H137N41O10S6. The van der Waals surface area contributed by atoms with Crippen molar-refractivity contribution in [2.24, 2.45) is 0 Å². The highest BCUT2D eigenvalue weighted by molar-refractivity contribution is 7.91. The Balaban J connectivity index is 0.000000773. The highest BCUT2D eigenvalue weighted by atomic mass is 32.2. The van der Waals surface area contributed by atoms with Crippen molar-refractivity contribution >= 4 is 67.3 Å². The second kappa shape index (κ2) is 124. The van der Waals surface area contributed by atoms with Gasteiger partial charge >= 0.3 is 0 Å². The number of imidazole rings is 1. The molecule has 0 aliphatic carbocycles. The molecule has 0 bridgehead atoms. The third-order valence-corrected chi connectivity index (χ3v) is 19.3. The van der Waals surface area contributed by atoms with Gasteiger partial charge in [0, 0.05) is 201 Å². The number of H-pyrrole nitrogens is 6. The van der Waals surface area contributed by atoms with Gasteiger partial charge in [-0.15, -0.1) is 21.5 Å². The number of furan rings is 1. The number of hydrogen-bond donors (Lipinski definition) is 13. The van der Waals surface area contributed by atoms with Gasteiger partial charge in [0.05, 0.1) is 110 Å². The van der Waals surface area contributed by atoms with Gasteiger partial charge in [0.1, 0.15) is 43.3 Å². The molecule has 8 fully saturated rings. The third kappa shape index (κ3) is 123. The highest BCUT2D eigenvalue weighted by Gasteiger charge is 2.13. The van der Waals surface area contributed by atoms with Crippen molar-refractivity contribution in [1.82, 2.24) is 207 Å². The molecule has 8 aliphatic heterocycles. The molecule has 51 nitrogen and oxygen atoms in total. The number of morpholine rings is 1. The van der Waals surface area contributed by atoms with Crippen molar-refractivity contribution in [3.8, 4) is 0 Å². The standard InChI is InChI=1S/C5H11N.C5H5N.C5H10O.C4H10N2.3C4H4N2.C4H9NO2S.C4H9NO.C4H9N.C4H5N.C4H4O.C4H4S.2C3H4N2.2C3H3NO.2C3H3NS.C3H7N.C3H6O.2C2H3N3.2C2H2N2O.2C2H2N2S.CH2N4/c3*1-2-4-6-5-3-1;2*1-2-6-4-3-5-1;1-2-5-4-6-3-1;1-2-4-6-5-3-1;6-8(7)3-1-5-2-4-8;1-3-6-4-2-5-1;4*1-2-4-5-3-1;1-2-5-3-4-1;1-2-4-5-3-1;1-2-5-3-4-1;1-2-4-5-3-1;1-2-5-3-4-1;1-2-4-5-3-1;2*1-2-4-3-1;1-3-2-5-4-1;1-2-4-5-3-1;1-3-2-5-4-1;1-2-4-5-3-1;1-3-2-5-4-1;2*1-2-4-5-3-1/h6H,1-5H2;1-5H;1-5H2;5-6H,1-4H2;3*1-4H;5H,1-4H2;5H,1-4H2;5H,1-4H2;1-5H;2*1-4H;2*1-3H,(H,4,5);4*1-3H;4H,1-3H2;1-3H2;2*1-2H,(H,3,4,5);4*1-2H;1H,(H,2,3,4,5). The molecule has 13 N–H and O–H groups in total. The molecule has 8 saturated heterocycles. The molecule has 57 heteroatoms. The minimum absolute atomic E-state index is 0.312. The number of thiophene rings is 1. The van der Waals surface area contributed by atoms with Crippen LogP contribution >= 0.6 is 57.5 Å². The molecule has 0 saturated carbocycles. The van der Waals surface area contributed by atoms with E-state index in [-0.39, 0.29) is 0 Å². The van der Waals surface area contributed by atoms with Crippen LogP contribution in [0.15, 0.2) is 389 Å². The summed E-state index contributed by atoms with van der Waals surface area (Å²) in [6, 6.07) is 28.2. The predicted molar refractivity (Wildman–Crippen MR) is 571 cm³/mol. The first kappa shape index (κ1) is 132. The number of nitrogens with one attached hydrogen (secondary N) is 13. The Kier molecular flexibility index (Phi) is 109. The van der Waals surface area contributed by atoms with E-state index in [1.54, 1.807) is 201 Å². The SMILES string of the molecule is C1CCNC1.C1CCNCC1.C1CCOCC1.C1CNC1.C1CNCCN1.C1COC1.C1COCCN1.O=S1(=O)CCNCC1.c1c[nH]cn1.c1cc[nH]c1.c1ccncc1.c1ccnnc1.c1ccoc1.c1ccsc1.c1cn[nH]c1.c1cn[nH]n1.c1cnccn1.c1cncnc1.c1cnoc1.c1cnon1.c1cnsc1.c1cnsn1.c1cocn1.c1cscn1.c1nc[nH]n1.c1ncon1.c1ncsn1.c1nn[nH]n1. The van der Waals surface area contributed by atoms with E-state index in [4.69, 9.17) is 14.2 Å². The number of thiazole rings is 1. The van der Waals surface area contributed by atoms with Gasteiger partial charge in [-0.3, -0.25) is 30.1 Å². The fraction of sp³-hybridized carbons (Fsp3) is 0.348. The van der Waals surface area contributed by atoms with Gasteiger partial charge in [0.15, 0.2) is 28.9 Å². The molecule has 149 heavy (non-hydrogen) atoms. The number of aromatic nitrogens is 34. The van der Waals surface area contributed by atoms with E-state index in [0.29, 0.717) is 24.6 Å². The van der Waals surface area contributed by atoms with E-state index in [1.807, 2.05) is 113 Å². The van der Waals surface area contributed by atoms with Gasteiger partial charge < -0.3 is 79.3 Å². The molecule has 20 aromatic heterocycles. The Labute approximate surface area is 887 Å². The van der Waals surface area contributed by atoms with Crippen LogP contribution in [-0.2, 0) is 24.0 Å². The first-order valence-corrected chi connectivity index (χ1v) is 52.4. The quantitative estimate of drug-likeness (QED) is 0.0670. The Bertz CT molecular complexity index is 3710. The van der Waals surface area contributed by atoms with Crippen molar-refractivity contribution in [2.75, 3.05) is 143 Å². The van der Waals surface area contributed by atoms with Crippen LogP contribution in [0, 0.1) is 0 Å². The number of nitrogens with zero attached hydrogens (tertiary/aromatic N) is 28. The number of piperazine rings is 1. The maximum Gasteiger partial charge on any atom is 0.213 e. The third-order valence-electron chi connectivity index (χ3n) is 15.1. The van der Waals surface area contributed by atoms with E-state index < -0.39 is 9.84 Å². The molecule has 0 atom stereocenters. The van der Waals surface area contributed by atoms with Gasteiger partial charge in [-0.05, 0) is 204 Å². The fourth-order valence-electron chi connectivity index (χ4n) is 8.18. The molecule has 28 rings (SSSR count). The summed E-state index contributed by atoms with van der Waals surface area (Å²) in [4.78, 5) is 45.8. The van der Waals surface area contributed by atoms with Crippen molar-refractivity contribution in [2.45, 2.75) is 64.2 Å². The van der Waals surface area contributed by atoms with Gasteiger partial charge in [-0.1, -0.05) is 50.5 Å². The topological polar surface area (TPSA) is 667 Å². The van der Waals surface area contributed by atoms with E-state index in [1.165, 1.54) is 214 Å².